The lowest BCUT2D eigenvalue weighted by Gasteiger charge is -2.21. The summed E-state index contributed by atoms with van der Waals surface area (Å²) in [7, 11) is 0. The highest BCUT2D eigenvalue weighted by molar-refractivity contribution is 9.10. The molecule has 1 aromatic carbocycles. The van der Waals surface area contributed by atoms with E-state index in [-0.39, 0.29) is 5.75 Å². The molecular weight excluding hydrogens is 596 g/mol. The van der Waals surface area contributed by atoms with Crippen LogP contribution in [0.15, 0.2) is 12.1 Å². The van der Waals surface area contributed by atoms with E-state index in [0.717, 1.165) is 12.1 Å². The third-order valence-corrected chi connectivity index (χ3v) is 4.30. The number of carboxylic acids is 1. The smallest absolute Gasteiger partial charge is 0.343 e. The molecule has 166 valence electrons. The van der Waals surface area contributed by atoms with Crippen molar-refractivity contribution >= 4 is 71.7 Å². The van der Waals surface area contributed by atoms with E-state index in [4.69, 9.17) is 14.2 Å². The molecule has 0 fully saturated rings. The van der Waals surface area contributed by atoms with Gasteiger partial charge >= 0.3 is 23.9 Å². The van der Waals surface area contributed by atoms with Gasteiger partial charge in [-0.15, -0.1) is 0 Å². The zero-order valence-corrected chi connectivity index (χ0v) is 21.9. The molecule has 11 heteroatoms. The van der Waals surface area contributed by atoms with E-state index >= 15 is 0 Å². The molecule has 0 heterocycles. The van der Waals surface area contributed by atoms with Gasteiger partial charge in [0.15, 0.2) is 11.5 Å². The van der Waals surface area contributed by atoms with Gasteiger partial charge in [-0.2, -0.15) is 0 Å². The fourth-order valence-electron chi connectivity index (χ4n) is 1.67. The van der Waals surface area contributed by atoms with E-state index in [1.807, 2.05) is 0 Å². The minimum Gasteiger partial charge on any atom is -0.477 e. The largest absolute Gasteiger partial charge is 0.477 e. The van der Waals surface area contributed by atoms with Crippen LogP contribution in [0.5, 0.6) is 17.2 Å². The van der Waals surface area contributed by atoms with Crippen LogP contribution in [0.2, 0.25) is 0 Å². The molecule has 8 nitrogen and oxygen atoms in total. The minimum atomic E-state index is -1.51. The Hall–Kier alpha value is -1.46. The minimum absolute atomic E-state index is 0.178. The van der Waals surface area contributed by atoms with Gasteiger partial charge in [0.25, 0.3) is 0 Å². The molecule has 0 atom stereocenters. The van der Waals surface area contributed by atoms with Crippen molar-refractivity contribution in [3.05, 3.63) is 17.7 Å². The van der Waals surface area contributed by atoms with Crippen molar-refractivity contribution in [1.82, 2.24) is 0 Å². The van der Waals surface area contributed by atoms with E-state index in [1.165, 1.54) is 27.7 Å². The molecule has 0 saturated heterocycles. The average molecular weight is 617 g/mol. The van der Waals surface area contributed by atoms with Crippen LogP contribution in [0.3, 0.4) is 0 Å². The molecule has 0 bridgehead atoms. The number of alkyl halides is 3. The Morgan fingerprint density at radius 2 is 1.00 bits per heavy atom. The van der Waals surface area contributed by atoms with E-state index in [0.29, 0.717) is 0 Å². The van der Waals surface area contributed by atoms with Crippen molar-refractivity contribution in [2.24, 2.45) is 0 Å². The number of benzene rings is 1. The molecule has 0 radical (unpaired) electrons. The second-order valence-electron chi connectivity index (χ2n) is 7.69. The van der Waals surface area contributed by atoms with Crippen LogP contribution in [-0.2, 0) is 14.4 Å². The normalized spacial score (nSPS) is 12.2. The highest BCUT2D eigenvalue weighted by atomic mass is 79.9. The number of rotatable bonds is 7. The second-order valence-corrected chi connectivity index (χ2v) is 13.6. The second kappa shape index (κ2) is 9.35. The van der Waals surface area contributed by atoms with Crippen molar-refractivity contribution in [1.29, 1.82) is 0 Å². The summed E-state index contributed by atoms with van der Waals surface area (Å²) in [6.45, 7) is 9.10. The number of carboxylic acid groups (broad SMARTS) is 1. The van der Waals surface area contributed by atoms with Crippen LogP contribution in [0.25, 0.3) is 0 Å². The summed E-state index contributed by atoms with van der Waals surface area (Å²) in [4.78, 5) is 48.7. The maximum atomic E-state index is 12.3. The molecule has 0 spiro atoms. The summed E-state index contributed by atoms with van der Waals surface area (Å²) in [5.41, 5.74) is -0.580. The lowest BCUT2D eigenvalue weighted by atomic mass is 10.1. The van der Waals surface area contributed by atoms with Crippen molar-refractivity contribution in [3.63, 3.8) is 0 Å². The summed E-state index contributed by atoms with van der Waals surface area (Å²) >= 11 is 9.41. The predicted octanol–water partition coefficient (Wildman–Crippen LogP) is 4.62. The number of ether oxygens (including phenoxy) is 3. The zero-order valence-electron chi connectivity index (χ0n) is 17.1. The molecule has 0 unspecified atom stereocenters. The molecule has 1 N–H and O–H groups in total. The molecule has 0 aliphatic rings. The first-order valence-electron chi connectivity index (χ1n) is 8.49. The molecule has 0 aliphatic heterocycles. The number of hydrogen-bond donors (Lipinski definition) is 1. The molecule has 0 amide bonds. The molecule has 30 heavy (non-hydrogen) atoms. The van der Waals surface area contributed by atoms with E-state index in [1.54, 1.807) is 13.8 Å². The first-order chi connectivity index (χ1) is 13.3. The topological polar surface area (TPSA) is 116 Å². The third-order valence-electron chi connectivity index (χ3n) is 3.33. The van der Waals surface area contributed by atoms with Gasteiger partial charge in [-0.1, -0.05) is 47.8 Å². The summed E-state index contributed by atoms with van der Waals surface area (Å²) in [5, 5.41) is 9.66. The summed E-state index contributed by atoms with van der Waals surface area (Å²) in [6.07, 6.45) is 0. The lowest BCUT2D eigenvalue weighted by molar-refractivity contribution is -0.136. The Bertz CT molecular complexity index is 824. The Kier molecular flexibility index (Phi) is 8.29. The molecule has 1 rings (SSSR count). The fraction of sp³-hybridized carbons (Fsp3) is 0.474. The Morgan fingerprint density at radius 1 is 0.700 bits per heavy atom. The number of aromatic carboxylic acids is 1. The van der Waals surface area contributed by atoms with Gasteiger partial charge in [0, 0.05) is 12.1 Å². The number of carbonyl (C=O) groups is 4. The quantitative estimate of drug-likeness (QED) is 0.268. The summed E-state index contributed by atoms with van der Waals surface area (Å²) in [5.74, 6) is -4.93. The fourth-order valence-corrected chi connectivity index (χ4v) is 1.91. The predicted molar refractivity (Wildman–Crippen MR) is 119 cm³/mol. The maximum Gasteiger partial charge on any atom is 0.343 e. The van der Waals surface area contributed by atoms with Crippen molar-refractivity contribution in [2.75, 3.05) is 0 Å². The van der Waals surface area contributed by atoms with Gasteiger partial charge < -0.3 is 19.3 Å². The molecular formula is C19H21Br3O8. The van der Waals surface area contributed by atoms with Gasteiger partial charge in [-0.05, 0) is 41.5 Å². The third kappa shape index (κ3) is 7.35. The van der Waals surface area contributed by atoms with Crippen LogP contribution in [0.4, 0.5) is 0 Å². The van der Waals surface area contributed by atoms with Crippen LogP contribution in [0, 0.1) is 0 Å². The van der Waals surface area contributed by atoms with Gasteiger partial charge in [0.2, 0.25) is 0 Å². The number of esters is 3. The van der Waals surface area contributed by atoms with E-state index in [2.05, 4.69) is 47.8 Å². The number of carbonyl (C=O) groups excluding carboxylic acids is 3. The van der Waals surface area contributed by atoms with Gasteiger partial charge in [-0.3, -0.25) is 14.4 Å². The van der Waals surface area contributed by atoms with Crippen LogP contribution in [-0.4, -0.2) is 42.0 Å². The molecule has 0 aromatic heterocycles. The standard InChI is InChI=1S/C19H21Br3O8/c1-17(2,20)14(25)28-9-7-10(29-15(26)18(3,4)21)12(13(23)24)11(8-9)30-16(27)19(5,6)22/h7-8H,1-6H3,(H,23,24). The SMILES string of the molecule is CC(C)(Br)C(=O)Oc1cc(OC(=O)C(C)(C)Br)c(C(=O)O)c(OC(=O)C(C)(C)Br)c1. The van der Waals surface area contributed by atoms with Crippen LogP contribution in [0.1, 0.15) is 51.9 Å². The summed E-state index contributed by atoms with van der Waals surface area (Å²) < 4.78 is 12.3. The van der Waals surface area contributed by atoms with Crippen molar-refractivity contribution in [2.45, 2.75) is 54.5 Å². The zero-order chi connectivity index (χ0) is 23.7. The lowest BCUT2D eigenvalue weighted by Crippen LogP contribution is -2.31. The van der Waals surface area contributed by atoms with Gasteiger partial charge in [-0.25, -0.2) is 4.79 Å². The number of halogens is 3. The maximum absolute atomic E-state index is 12.3. The van der Waals surface area contributed by atoms with Gasteiger partial charge in [0.1, 0.15) is 24.3 Å². The first-order valence-corrected chi connectivity index (χ1v) is 10.9. The van der Waals surface area contributed by atoms with Crippen molar-refractivity contribution < 1.29 is 38.5 Å². The van der Waals surface area contributed by atoms with Crippen molar-refractivity contribution in [3.8, 4) is 17.2 Å². The Balaban J connectivity index is 3.62. The van der Waals surface area contributed by atoms with Crippen LogP contribution >= 0.6 is 47.8 Å². The first kappa shape index (κ1) is 26.6. The molecule has 0 aliphatic carbocycles. The summed E-state index contributed by atoms with van der Waals surface area (Å²) in [6, 6.07) is 2.13. The van der Waals surface area contributed by atoms with Gasteiger partial charge in [0.05, 0.1) is 0 Å². The van der Waals surface area contributed by atoms with E-state index < -0.39 is 53.9 Å². The Labute approximate surface area is 199 Å². The molecule has 0 saturated carbocycles. The molecule has 1 aromatic rings. The van der Waals surface area contributed by atoms with Crippen LogP contribution < -0.4 is 14.2 Å². The highest BCUT2D eigenvalue weighted by Crippen LogP contribution is 2.37. The Morgan fingerprint density at radius 3 is 1.27 bits per heavy atom. The van der Waals surface area contributed by atoms with E-state index in [9.17, 15) is 24.3 Å². The highest BCUT2D eigenvalue weighted by Gasteiger charge is 2.33. The number of hydrogen-bond acceptors (Lipinski definition) is 7. The monoisotopic (exact) mass is 614 g/mol. The average Bonchev–Trinajstić information content (AvgIpc) is 2.51.